The summed E-state index contributed by atoms with van der Waals surface area (Å²) < 4.78 is 10.4. The first-order valence-electron chi connectivity index (χ1n) is 5.98. The third-order valence-corrected chi connectivity index (χ3v) is 2.35. The monoisotopic (exact) mass is 264 g/mol. The molecule has 0 saturated carbocycles. The van der Waals surface area contributed by atoms with Crippen LogP contribution in [0.1, 0.15) is 17.3 Å². The van der Waals surface area contributed by atoms with E-state index in [1.54, 1.807) is 18.2 Å². The second-order valence-electron chi connectivity index (χ2n) is 4.23. The van der Waals surface area contributed by atoms with Crippen LogP contribution in [0.2, 0.25) is 0 Å². The van der Waals surface area contributed by atoms with Crippen LogP contribution in [0.15, 0.2) is 30.4 Å². The molecule has 0 saturated heterocycles. The Hall–Kier alpha value is -2.01. The van der Waals surface area contributed by atoms with Gasteiger partial charge in [0, 0.05) is 12.2 Å². The van der Waals surface area contributed by atoms with E-state index in [-0.39, 0.29) is 5.91 Å². The third-order valence-electron chi connectivity index (χ3n) is 2.35. The molecule has 0 atom stereocenters. The van der Waals surface area contributed by atoms with Crippen LogP contribution in [-0.2, 0) is 4.74 Å². The quantitative estimate of drug-likeness (QED) is 0.445. The molecule has 0 unspecified atom stereocenters. The van der Waals surface area contributed by atoms with Crippen LogP contribution >= 0.6 is 0 Å². The van der Waals surface area contributed by atoms with Crippen LogP contribution in [-0.4, -0.2) is 32.8 Å². The molecule has 3 N–H and O–H groups in total. The van der Waals surface area contributed by atoms with E-state index in [1.807, 2.05) is 6.92 Å². The number of nitrogen functional groups attached to an aromatic ring is 1. The number of carbonyl (C=O) groups is 1. The number of hydrogen-bond acceptors (Lipinski definition) is 4. The van der Waals surface area contributed by atoms with Gasteiger partial charge in [-0.2, -0.15) is 0 Å². The molecule has 0 aromatic heterocycles. The standard InChI is InChI=1S/C14H20N2O3/c1-10(2)9-19-7-6-16-14(17)12-8-11(15)4-5-13(12)18-3/h4-5,8H,1,6-7,9,15H2,2-3H3,(H,16,17). The smallest absolute Gasteiger partial charge is 0.255 e. The Morgan fingerprint density at radius 2 is 2.21 bits per heavy atom. The van der Waals surface area contributed by atoms with Crippen LogP contribution in [0, 0.1) is 0 Å². The van der Waals surface area contributed by atoms with E-state index in [2.05, 4.69) is 11.9 Å². The normalized spacial score (nSPS) is 10.0. The van der Waals surface area contributed by atoms with Gasteiger partial charge in [0.25, 0.3) is 5.91 Å². The molecule has 0 fully saturated rings. The lowest BCUT2D eigenvalue weighted by atomic mass is 10.1. The number of nitrogens with one attached hydrogen (secondary N) is 1. The van der Waals surface area contributed by atoms with Gasteiger partial charge in [-0.1, -0.05) is 12.2 Å². The Labute approximate surface area is 113 Å². The summed E-state index contributed by atoms with van der Waals surface area (Å²) in [5.74, 6) is 0.262. The van der Waals surface area contributed by atoms with Crippen LogP contribution in [0.3, 0.4) is 0 Å². The van der Waals surface area contributed by atoms with Crippen LogP contribution in [0.4, 0.5) is 5.69 Å². The zero-order valence-corrected chi connectivity index (χ0v) is 11.4. The van der Waals surface area contributed by atoms with E-state index in [0.717, 1.165) is 5.57 Å². The van der Waals surface area contributed by atoms with Gasteiger partial charge < -0.3 is 20.5 Å². The zero-order valence-electron chi connectivity index (χ0n) is 11.4. The highest BCUT2D eigenvalue weighted by Crippen LogP contribution is 2.20. The van der Waals surface area contributed by atoms with Crippen molar-refractivity contribution in [2.45, 2.75) is 6.92 Å². The molecule has 0 aliphatic carbocycles. The Morgan fingerprint density at radius 1 is 1.47 bits per heavy atom. The number of ether oxygens (including phenoxy) is 2. The zero-order chi connectivity index (χ0) is 14.3. The minimum atomic E-state index is -0.233. The second kappa shape index (κ2) is 7.43. The lowest BCUT2D eigenvalue weighted by Crippen LogP contribution is -2.27. The predicted octanol–water partition coefficient (Wildman–Crippen LogP) is 1.60. The highest BCUT2D eigenvalue weighted by atomic mass is 16.5. The van der Waals surface area contributed by atoms with Crippen molar-refractivity contribution in [2.75, 3.05) is 32.6 Å². The number of carbonyl (C=O) groups excluding carboxylic acids is 1. The Bertz CT molecular complexity index is 458. The van der Waals surface area contributed by atoms with E-state index in [9.17, 15) is 4.79 Å². The molecule has 0 bridgehead atoms. The average molecular weight is 264 g/mol. The predicted molar refractivity (Wildman–Crippen MR) is 75.4 cm³/mol. The molecule has 1 aromatic carbocycles. The summed E-state index contributed by atoms with van der Waals surface area (Å²) in [5, 5.41) is 2.75. The van der Waals surface area contributed by atoms with Gasteiger partial charge in [0.15, 0.2) is 0 Å². The molecule has 1 aromatic rings. The highest BCUT2D eigenvalue weighted by molar-refractivity contribution is 5.97. The first-order valence-corrected chi connectivity index (χ1v) is 5.98. The SMILES string of the molecule is C=C(C)COCCNC(=O)c1cc(N)ccc1OC. The average Bonchev–Trinajstić information content (AvgIpc) is 2.37. The van der Waals surface area contributed by atoms with Gasteiger partial charge >= 0.3 is 0 Å². The lowest BCUT2D eigenvalue weighted by Gasteiger charge is -2.10. The molecule has 104 valence electrons. The van der Waals surface area contributed by atoms with Crippen LogP contribution in [0.5, 0.6) is 5.75 Å². The lowest BCUT2D eigenvalue weighted by molar-refractivity contribution is 0.0924. The number of benzene rings is 1. The van der Waals surface area contributed by atoms with Crippen molar-refractivity contribution in [3.8, 4) is 5.75 Å². The Morgan fingerprint density at radius 3 is 2.84 bits per heavy atom. The van der Waals surface area contributed by atoms with Crippen LogP contribution in [0.25, 0.3) is 0 Å². The maximum atomic E-state index is 12.0. The fourth-order valence-corrected chi connectivity index (χ4v) is 1.48. The van der Waals surface area contributed by atoms with E-state index < -0.39 is 0 Å². The van der Waals surface area contributed by atoms with Crippen molar-refractivity contribution in [3.63, 3.8) is 0 Å². The van der Waals surface area contributed by atoms with E-state index >= 15 is 0 Å². The van der Waals surface area contributed by atoms with Crippen molar-refractivity contribution in [3.05, 3.63) is 35.9 Å². The van der Waals surface area contributed by atoms with Gasteiger partial charge in [0.1, 0.15) is 5.75 Å². The molecule has 19 heavy (non-hydrogen) atoms. The van der Waals surface area contributed by atoms with Crippen molar-refractivity contribution >= 4 is 11.6 Å². The fraction of sp³-hybridized carbons (Fsp3) is 0.357. The molecule has 5 nitrogen and oxygen atoms in total. The van der Waals surface area contributed by atoms with Crippen molar-refractivity contribution < 1.29 is 14.3 Å². The fourth-order valence-electron chi connectivity index (χ4n) is 1.48. The molecule has 5 heteroatoms. The van der Waals surface area contributed by atoms with Crippen LogP contribution < -0.4 is 15.8 Å². The molecule has 1 rings (SSSR count). The highest BCUT2D eigenvalue weighted by Gasteiger charge is 2.11. The Kier molecular flexibility index (Phi) is 5.89. The second-order valence-corrected chi connectivity index (χ2v) is 4.23. The summed E-state index contributed by atoms with van der Waals surface area (Å²) in [6.07, 6.45) is 0. The number of rotatable bonds is 7. The molecular formula is C14H20N2O3. The van der Waals surface area contributed by atoms with Gasteiger partial charge in [0.05, 0.1) is 25.9 Å². The molecule has 0 aliphatic rings. The van der Waals surface area contributed by atoms with E-state index in [1.165, 1.54) is 7.11 Å². The largest absolute Gasteiger partial charge is 0.496 e. The number of amides is 1. The maximum Gasteiger partial charge on any atom is 0.255 e. The minimum absolute atomic E-state index is 0.233. The van der Waals surface area contributed by atoms with Gasteiger partial charge in [-0.05, 0) is 25.1 Å². The summed E-state index contributed by atoms with van der Waals surface area (Å²) in [6, 6.07) is 4.94. The number of anilines is 1. The summed E-state index contributed by atoms with van der Waals surface area (Å²) in [6.45, 7) is 6.96. The molecule has 0 spiro atoms. The summed E-state index contributed by atoms with van der Waals surface area (Å²) >= 11 is 0. The minimum Gasteiger partial charge on any atom is -0.496 e. The maximum absolute atomic E-state index is 12.0. The number of nitrogens with two attached hydrogens (primary N) is 1. The molecule has 1 amide bonds. The molecule has 0 heterocycles. The van der Waals surface area contributed by atoms with Gasteiger partial charge in [-0.3, -0.25) is 4.79 Å². The van der Waals surface area contributed by atoms with Gasteiger partial charge in [-0.25, -0.2) is 0 Å². The molecular weight excluding hydrogens is 244 g/mol. The Balaban J connectivity index is 2.49. The first kappa shape index (κ1) is 15.0. The van der Waals surface area contributed by atoms with Crippen molar-refractivity contribution in [1.29, 1.82) is 0 Å². The molecule has 0 radical (unpaired) electrons. The van der Waals surface area contributed by atoms with Crippen molar-refractivity contribution in [2.24, 2.45) is 0 Å². The number of methoxy groups -OCH3 is 1. The van der Waals surface area contributed by atoms with E-state index in [4.69, 9.17) is 15.2 Å². The third kappa shape index (κ3) is 5.01. The van der Waals surface area contributed by atoms with E-state index in [0.29, 0.717) is 36.8 Å². The summed E-state index contributed by atoms with van der Waals surface area (Å²) in [4.78, 5) is 12.0. The van der Waals surface area contributed by atoms with Crippen molar-refractivity contribution in [1.82, 2.24) is 5.32 Å². The molecule has 0 aliphatic heterocycles. The van der Waals surface area contributed by atoms with Gasteiger partial charge in [0.2, 0.25) is 0 Å². The first-order chi connectivity index (χ1) is 9.04. The topological polar surface area (TPSA) is 73.6 Å². The number of hydrogen-bond donors (Lipinski definition) is 2. The van der Waals surface area contributed by atoms with Gasteiger partial charge in [-0.15, -0.1) is 0 Å². The summed E-state index contributed by atoms with van der Waals surface area (Å²) in [7, 11) is 1.51. The summed E-state index contributed by atoms with van der Waals surface area (Å²) in [5.41, 5.74) is 7.54.